The van der Waals surface area contributed by atoms with Crippen molar-refractivity contribution in [2.75, 3.05) is 39.6 Å². The number of rotatable bonds is 20. The standard InChI is InChI=1S/C29H43NO8Si/c1-4-36-39(37-5-2,38-6-3)23-13-20-30-29(33)35-22-11-7-10-21-34-27-19-18-24(14-12-17-28(31)32)25-15-8-9-16-26(25)27/h8-9,12,15-19H,4-7,10-11,13-14,20-23H2,1-3H3,(H,30,33)(H,31,32). The Morgan fingerprint density at radius 2 is 1.54 bits per heavy atom. The highest BCUT2D eigenvalue weighted by Crippen LogP contribution is 2.29. The molecule has 0 aliphatic heterocycles. The van der Waals surface area contributed by atoms with Crippen molar-refractivity contribution in [3.05, 3.63) is 54.1 Å². The summed E-state index contributed by atoms with van der Waals surface area (Å²) >= 11 is 0. The molecular weight excluding hydrogens is 518 g/mol. The minimum absolute atomic E-state index is 0.350. The van der Waals surface area contributed by atoms with Gasteiger partial charge in [-0.25, -0.2) is 9.59 Å². The Bertz CT molecular complexity index is 1030. The van der Waals surface area contributed by atoms with Crippen LogP contribution in [0.1, 0.15) is 52.0 Å². The van der Waals surface area contributed by atoms with E-state index in [2.05, 4.69) is 5.32 Å². The van der Waals surface area contributed by atoms with E-state index < -0.39 is 20.9 Å². The molecule has 0 aliphatic rings. The maximum Gasteiger partial charge on any atom is 0.500 e. The number of ether oxygens (including phenoxy) is 2. The average Bonchev–Trinajstić information content (AvgIpc) is 2.91. The van der Waals surface area contributed by atoms with Crippen molar-refractivity contribution in [3.8, 4) is 5.75 Å². The predicted molar refractivity (Wildman–Crippen MR) is 153 cm³/mol. The molecule has 0 unspecified atom stereocenters. The van der Waals surface area contributed by atoms with Gasteiger partial charge in [0.1, 0.15) is 5.75 Å². The number of nitrogens with one attached hydrogen (secondary N) is 1. The smallest absolute Gasteiger partial charge is 0.493 e. The molecule has 0 aliphatic carbocycles. The number of carbonyl (C=O) groups excluding carboxylic acids is 1. The van der Waals surface area contributed by atoms with Gasteiger partial charge in [-0.05, 0) is 69.9 Å². The van der Waals surface area contributed by atoms with E-state index in [1.54, 1.807) is 6.08 Å². The number of carbonyl (C=O) groups is 2. The summed E-state index contributed by atoms with van der Waals surface area (Å²) in [6.07, 6.45) is 6.06. The van der Waals surface area contributed by atoms with Gasteiger partial charge in [0.05, 0.1) is 13.2 Å². The number of unbranched alkanes of at least 4 members (excludes halogenated alkanes) is 2. The summed E-state index contributed by atoms with van der Waals surface area (Å²) in [6.45, 7) is 8.74. The number of carboxylic acids is 1. The molecule has 2 N–H and O–H groups in total. The Balaban J connectivity index is 1.65. The molecule has 0 bridgehead atoms. The summed E-state index contributed by atoms with van der Waals surface area (Å²) in [5.74, 6) is -0.149. The molecule has 0 saturated heterocycles. The van der Waals surface area contributed by atoms with Gasteiger partial charge in [0.25, 0.3) is 0 Å². The van der Waals surface area contributed by atoms with E-state index >= 15 is 0 Å². The van der Waals surface area contributed by atoms with E-state index in [1.807, 2.05) is 57.2 Å². The summed E-state index contributed by atoms with van der Waals surface area (Å²) < 4.78 is 28.8. The highest BCUT2D eigenvalue weighted by atomic mass is 28.4. The quantitative estimate of drug-likeness (QED) is 0.120. The van der Waals surface area contributed by atoms with Gasteiger partial charge < -0.3 is 33.2 Å². The highest BCUT2D eigenvalue weighted by Gasteiger charge is 2.39. The van der Waals surface area contributed by atoms with Crippen LogP contribution in [0.4, 0.5) is 4.79 Å². The Morgan fingerprint density at radius 3 is 2.21 bits per heavy atom. The Hall–Kier alpha value is -2.92. The largest absolute Gasteiger partial charge is 0.500 e. The van der Waals surface area contributed by atoms with Crippen LogP contribution in [0.25, 0.3) is 10.8 Å². The Morgan fingerprint density at radius 1 is 0.872 bits per heavy atom. The van der Waals surface area contributed by atoms with Gasteiger partial charge in [0, 0.05) is 43.9 Å². The molecule has 9 nitrogen and oxygen atoms in total. The highest BCUT2D eigenvalue weighted by molar-refractivity contribution is 6.60. The fourth-order valence-electron chi connectivity index (χ4n) is 4.20. The number of hydrogen-bond acceptors (Lipinski definition) is 7. The molecule has 0 aromatic heterocycles. The summed E-state index contributed by atoms with van der Waals surface area (Å²) in [5, 5.41) is 13.7. The van der Waals surface area contributed by atoms with Crippen molar-refractivity contribution >= 4 is 31.6 Å². The molecule has 0 spiro atoms. The van der Waals surface area contributed by atoms with Crippen LogP contribution in [-0.2, 0) is 29.2 Å². The summed E-state index contributed by atoms with van der Waals surface area (Å²) in [4.78, 5) is 22.7. The lowest BCUT2D eigenvalue weighted by atomic mass is 10.0. The zero-order valence-electron chi connectivity index (χ0n) is 23.4. The number of benzene rings is 2. The van der Waals surface area contributed by atoms with E-state index in [9.17, 15) is 9.59 Å². The van der Waals surface area contributed by atoms with Crippen LogP contribution in [0, 0.1) is 0 Å². The third-order valence-corrected chi connectivity index (χ3v) is 9.03. The van der Waals surface area contributed by atoms with Crippen LogP contribution < -0.4 is 10.1 Å². The molecule has 0 radical (unpaired) electrons. The first kappa shape index (κ1) is 32.3. The molecule has 0 saturated carbocycles. The van der Waals surface area contributed by atoms with Crippen LogP contribution in [0.15, 0.2) is 48.6 Å². The SMILES string of the molecule is CCO[Si](CCCNC(=O)OCCCCCOc1ccc(CC=CC(=O)O)c2ccccc12)(OCC)OCC. The number of carboxylic acid groups (broad SMARTS) is 1. The molecule has 2 aromatic carbocycles. The first-order valence-corrected chi connectivity index (χ1v) is 15.7. The maximum absolute atomic E-state index is 12.0. The lowest BCUT2D eigenvalue weighted by Crippen LogP contribution is -2.46. The molecule has 39 heavy (non-hydrogen) atoms. The van der Waals surface area contributed by atoms with Gasteiger partial charge >= 0.3 is 20.9 Å². The first-order valence-electron chi connectivity index (χ1n) is 13.8. The van der Waals surface area contributed by atoms with Gasteiger partial charge in [-0.1, -0.05) is 36.4 Å². The van der Waals surface area contributed by atoms with Crippen molar-refractivity contribution in [3.63, 3.8) is 0 Å². The normalized spacial score (nSPS) is 11.7. The van der Waals surface area contributed by atoms with E-state index in [0.717, 1.165) is 47.4 Å². The summed E-state index contributed by atoms with van der Waals surface area (Å²) in [6, 6.07) is 12.5. The fourth-order valence-corrected chi connectivity index (χ4v) is 6.81. The maximum atomic E-state index is 12.0. The predicted octanol–water partition coefficient (Wildman–Crippen LogP) is 5.74. The van der Waals surface area contributed by atoms with E-state index in [1.165, 1.54) is 0 Å². The fraction of sp³-hybridized carbons (Fsp3) is 0.517. The van der Waals surface area contributed by atoms with Crippen LogP contribution in [0.5, 0.6) is 5.75 Å². The topological polar surface area (TPSA) is 113 Å². The lowest BCUT2D eigenvalue weighted by Gasteiger charge is -2.28. The van der Waals surface area contributed by atoms with Gasteiger partial charge in [0.15, 0.2) is 0 Å². The Kier molecular flexibility index (Phi) is 15.2. The van der Waals surface area contributed by atoms with Crippen LogP contribution >= 0.6 is 0 Å². The van der Waals surface area contributed by atoms with Crippen LogP contribution in [0.2, 0.25) is 6.04 Å². The molecule has 0 fully saturated rings. The molecule has 2 rings (SSSR count). The minimum atomic E-state index is -2.69. The second-order valence-electron chi connectivity index (χ2n) is 8.77. The van der Waals surface area contributed by atoms with Crippen LogP contribution in [-0.4, -0.2) is 65.6 Å². The number of fused-ring (bicyclic) bond motifs is 1. The molecule has 0 heterocycles. The number of alkyl carbamates (subject to hydrolysis) is 1. The van der Waals surface area contributed by atoms with Crippen molar-refractivity contribution in [1.29, 1.82) is 0 Å². The molecule has 1 amide bonds. The van der Waals surface area contributed by atoms with Gasteiger partial charge in [-0.15, -0.1) is 0 Å². The molecular formula is C29H43NO8Si. The van der Waals surface area contributed by atoms with Crippen molar-refractivity contribution in [2.45, 2.75) is 58.9 Å². The summed E-state index contributed by atoms with van der Waals surface area (Å²) in [5.41, 5.74) is 1.05. The average molecular weight is 562 g/mol. The molecule has 2 aromatic rings. The van der Waals surface area contributed by atoms with Crippen LogP contribution in [0.3, 0.4) is 0 Å². The zero-order chi connectivity index (χ0) is 28.3. The van der Waals surface area contributed by atoms with Crippen molar-refractivity contribution in [2.24, 2.45) is 0 Å². The number of aliphatic carboxylic acids is 1. The van der Waals surface area contributed by atoms with Gasteiger partial charge in [0.2, 0.25) is 0 Å². The number of allylic oxidation sites excluding steroid dienone is 1. The van der Waals surface area contributed by atoms with Gasteiger partial charge in [-0.2, -0.15) is 0 Å². The third kappa shape index (κ3) is 11.8. The van der Waals surface area contributed by atoms with E-state index in [4.69, 9.17) is 27.9 Å². The number of amides is 1. The second kappa shape index (κ2) is 18.4. The van der Waals surface area contributed by atoms with E-state index in [-0.39, 0.29) is 0 Å². The third-order valence-electron chi connectivity index (χ3n) is 5.87. The zero-order valence-corrected chi connectivity index (χ0v) is 24.4. The van der Waals surface area contributed by atoms with Crippen molar-refractivity contribution in [1.82, 2.24) is 5.32 Å². The van der Waals surface area contributed by atoms with E-state index in [0.29, 0.717) is 58.5 Å². The monoisotopic (exact) mass is 561 g/mol. The molecule has 216 valence electrons. The number of hydrogen-bond donors (Lipinski definition) is 2. The second-order valence-corrected chi connectivity index (χ2v) is 11.5. The molecule has 0 atom stereocenters. The summed E-state index contributed by atoms with van der Waals surface area (Å²) in [7, 11) is -2.69. The van der Waals surface area contributed by atoms with Crippen molar-refractivity contribution < 1.29 is 37.4 Å². The lowest BCUT2D eigenvalue weighted by molar-refractivity contribution is -0.131. The molecule has 10 heteroatoms. The Labute approximate surface area is 232 Å². The van der Waals surface area contributed by atoms with Gasteiger partial charge in [-0.3, -0.25) is 0 Å². The first-order chi connectivity index (χ1) is 18.9. The minimum Gasteiger partial charge on any atom is -0.493 e.